The van der Waals surface area contributed by atoms with Crippen LogP contribution in [0.3, 0.4) is 0 Å². The molecule has 1 aliphatic heterocycles. The van der Waals surface area contributed by atoms with Gasteiger partial charge < -0.3 is 14.4 Å². The van der Waals surface area contributed by atoms with E-state index in [1.165, 1.54) is 48.3 Å². The molecule has 1 aromatic heterocycles. The molecule has 0 amide bonds. The zero-order valence-electron chi connectivity index (χ0n) is 15.4. The van der Waals surface area contributed by atoms with Crippen molar-refractivity contribution in [2.24, 2.45) is 5.92 Å². The number of hydrogen-bond acceptors (Lipinski definition) is 3. The summed E-state index contributed by atoms with van der Waals surface area (Å²) < 4.78 is 2.43. The molecule has 0 radical (unpaired) electrons. The van der Waals surface area contributed by atoms with Gasteiger partial charge in [-0.05, 0) is 50.6 Å². The van der Waals surface area contributed by atoms with E-state index in [0.717, 1.165) is 24.9 Å². The molecule has 4 nitrogen and oxygen atoms in total. The Bertz CT molecular complexity index is 726. The highest BCUT2D eigenvalue weighted by atomic mass is 16.1. The van der Waals surface area contributed by atoms with E-state index in [4.69, 9.17) is 0 Å². The molecule has 1 atom stereocenters. The predicted molar refractivity (Wildman–Crippen MR) is 99.9 cm³/mol. The molecule has 0 bridgehead atoms. The first kappa shape index (κ1) is 17.2. The molecule has 1 aromatic carbocycles. The maximum absolute atomic E-state index is 11.1. The average molecular weight is 327 g/mol. The van der Waals surface area contributed by atoms with E-state index in [0.29, 0.717) is 5.92 Å². The second-order valence-electron chi connectivity index (χ2n) is 7.42. The summed E-state index contributed by atoms with van der Waals surface area (Å²) in [5.74, 6) is 0.604. The summed E-state index contributed by atoms with van der Waals surface area (Å²) in [5, 5.41) is 1.21. The minimum absolute atomic E-state index is 0.604. The van der Waals surface area contributed by atoms with Crippen LogP contribution in [-0.4, -0.2) is 60.4 Å². The standard InChI is InChI=1S/C20H29N3O/c1-15(12-22-9-7-21(4)8-10-22)13-23-17(3)16(2)19-11-18(14-24)5-6-20(19)23/h5-6,11,14-15H,7-10,12-13H2,1-4H3. The normalized spacial score (nSPS) is 18.2. The molecule has 3 rings (SSSR count). The zero-order chi connectivity index (χ0) is 17.3. The number of piperazine rings is 1. The molecule has 1 unspecified atom stereocenters. The van der Waals surface area contributed by atoms with Crippen molar-refractivity contribution < 1.29 is 4.79 Å². The fourth-order valence-electron chi connectivity index (χ4n) is 3.82. The second-order valence-corrected chi connectivity index (χ2v) is 7.42. The van der Waals surface area contributed by atoms with Crippen LogP contribution in [0, 0.1) is 19.8 Å². The molecule has 24 heavy (non-hydrogen) atoms. The Balaban J connectivity index is 1.77. The van der Waals surface area contributed by atoms with E-state index in [1.54, 1.807) is 0 Å². The molecule has 0 saturated carbocycles. The Morgan fingerprint density at radius 3 is 2.50 bits per heavy atom. The first-order valence-electron chi connectivity index (χ1n) is 8.95. The van der Waals surface area contributed by atoms with Gasteiger partial charge in [-0.25, -0.2) is 0 Å². The lowest BCUT2D eigenvalue weighted by molar-refractivity contribution is 0.112. The van der Waals surface area contributed by atoms with Gasteiger partial charge in [0, 0.05) is 61.4 Å². The third-order valence-corrected chi connectivity index (χ3v) is 5.46. The maximum atomic E-state index is 11.1. The van der Waals surface area contributed by atoms with Gasteiger partial charge in [-0.2, -0.15) is 0 Å². The molecule has 1 aliphatic rings. The molecule has 4 heteroatoms. The van der Waals surface area contributed by atoms with Crippen LogP contribution < -0.4 is 0 Å². The smallest absolute Gasteiger partial charge is 0.150 e. The number of rotatable bonds is 5. The number of aromatic nitrogens is 1. The molecule has 1 saturated heterocycles. The number of aldehydes is 1. The fourth-order valence-corrected chi connectivity index (χ4v) is 3.82. The van der Waals surface area contributed by atoms with Crippen molar-refractivity contribution in [2.45, 2.75) is 27.3 Å². The Kier molecular flexibility index (Phi) is 5.07. The van der Waals surface area contributed by atoms with Gasteiger partial charge in [-0.1, -0.05) is 6.92 Å². The first-order chi connectivity index (χ1) is 11.5. The van der Waals surface area contributed by atoms with Crippen LogP contribution in [0.15, 0.2) is 18.2 Å². The summed E-state index contributed by atoms with van der Waals surface area (Å²) in [6, 6.07) is 6.05. The van der Waals surface area contributed by atoms with Crippen molar-refractivity contribution in [1.29, 1.82) is 0 Å². The highest BCUT2D eigenvalue weighted by Gasteiger charge is 2.18. The predicted octanol–water partition coefficient (Wildman–Crippen LogP) is 2.95. The minimum Gasteiger partial charge on any atom is -0.344 e. The van der Waals surface area contributed by atoms with Gasteiger partial charge in [0.1, 0.15) is 6.29 Å². The van der Waals surface area contributed by atoms with Crippen LogP contribution in [-0.2, 0) is 6.54 Å². The van der Waals surface area contributed by atoms with Gasteiger partial charge in [0.05, 0.1) is 0 Å². The van der Waals surface area contributed by atoms with E-state index in [9.17, 15) is 4.79 Å². The summed E-state index contributed by atoms with van der Waals surface area (Å²) in [7, 11) is 2.20. The lowest BCUT2D eigenvalue weighted by atomic mass is 10.1. The van der Waals surface area contributed by atoms with Crippen LogP contribution in [0.4, 0.5) is 0 Å². The highest BCUT2D eigenvalue weighted by Crippen LogP contribution is 2.27. The zero-order valence-corrected chi connectivity index (χ0v) is 15.4. The van der Waals surface area contributed by atoms with Crippen molar-refractivity contribution >= 4 is 17.2 Å². The van der Waals surface area contributed by atoms with Crippen molar-refractivity contribution in [2.75, 3.05) is 39.8 Å². The lowest BCUT2D eigenvalue weighted by Crippen LogP contribution is -2.46. The average Bonchev–Trinajstić information content (AvgIpc) is 2.81. The van der Waals surface area contributed by atoms with E-state index in [-0.39, 0.29) is 0 Å². The van der Waals surface area contributed by atoms with Gasteiger partial charge in [-0.15, -0.1) is 0 Å². The number of carbonyl (C=O) groups is 1. The number of nitrogens with zero attached hydrogens (tertiary/aromatic N) is 3. The Morgan fingerprint density at radius 1 is 1.12 bits per heavy atom. The third kappa shape index (κ3) is 3.40. The topological polar surface area (TPSA) is 28.5 Å². The van der Waals surface area contributed by atoms with E-state index in [2.05, 4.69) is 48.3 Å². The van der Waals surface area contributed by atoms with Gasteiger partial charge >= 0.3 is 0 Å². The number of likely N-dealkylation sites (N-methyl/N-ethyl adjacent to an activating group) is 1. The molecule has 2 aromatic rings. The van der Waals surface area contributed by atoms with Crippen molar-refractivity contribution in [3.8, 4) is 0 Å². The minimum atomic E-state index is 0.604. The molecule has 0 spiro atoms. The van der Waals surface area contributed by atoms with E-state index in [1.807, 2.05) is 12.1 Å². The number of fused-ring (bicyclic) bond motifs is 1. The summed E-state index contributed by atoms with van der Waals surface area (Å²) in [6.07, 6.45) is 0.932. The van der Waals surface area contributed by atoms with Gasteiger partial charge in [-0.3, -0.25) is 4.79 Å². The van der Waals surface area contributed by atoms with Crippen LogP contribution in [0.5, 0.6) is 0 Å². The van der Waals surface area contributed by atoms with E-state index < -0.39 is 0 Å². The van der Waals surface area contributed by atoms with Gasteiger partial charge in [0.25, 0.3) is 0 Å². The van der Waals surface area contributed by atoms with Crippen molar-refractivity contribution in [3.05, 3.63) is 35.0 Å². The van der Waals surface area contributed by atoms with E-state index >= 15 is 0 Å². The molecule has 1 fully saturated rings. The number of carbonyl (C=O) groups excluding carboxylic acids is 1. The van der Waals surface area contributed by atoms with Crippen LogP contribution in [0.25, 0.3) is 10.9 Å². The molecule has 0 N–H and O–H groups in total. The summed E-state index contributed by atoms with van der Waals surface area (Å²) in [5.41, 5.74) is 4.62. The summed E-state index contributed by atoms with van der Waals surface area (Å²) >= 11 is 0. The lowest BCUT2D eigenvalue weighted by Gasteiger charge is -2.34. The number of aryl methyl sites for hydroxylation is 1. The second kappa shape index (κ2) is 7.08. The van der Waals surface area contributed by atoms with Crippen molar-refractivity contribution in [3.63, 3.8) is 0 Å². The van der Waals surface area contributed by atoms with Crippen LogP contribution in [0.2, 0.25) is 0 Å². The summed E-state index contributed by atoms with van der Waals surface area (Å²) in [6.45, 7) is 13.6. The maximum Gasteiger partial charge on any atom is 0.150 e. The molecule has 2 heterocycles. The molecular formula is C20H29N3O. The third-order valence-electron chi connectivity index (χ3n) is 5.46. The molecular weight excluding hydrogens is 298 g/mol. The molecule has 0 aliphatic carbocycles. The first-order valence-corrected chi connectivity index (χ1v) is 8.95. The Morgan fingerprint density at radius 2 is 1.83 bits per heavy atom. The largest absolute Gasteiger partial charge is 0.344 e. The SMILES string of the molecule is Cc1c(C)n(CC(C)CN2CCN(C)CC2)c2ccc(C=O)cc12. The number of hydrogen-bond donors (Lipinski definition) is 0. The summed E-state index contributed by atoms with van der Waals surface area (Å²) in [4.78, 5) is 16.0. The Hall–Kier alpha value is -1.65. The molecule has 130 valence electrons. The Labute approximate surface area is 145 Å². The fraction of sp³-hybridized carbons (Fsp3) is 0.550. The highest BCUT2D eigenvalue weighted by molar-refractivity contribution is 5.90. The van der Waals surface area contributed by atoms with Gasteiger partial charge in [0.15, 0.2) is 0 Å². The van der Waals surface area contributed by atoms with Gasteiger partial charge in [0.2, 0.25) is 0 Å². The monoisotopic (exact) mass is 327 g/mol. The quantitative estimate of drug-likeness (QED) is 0.791. The number of benzene rings is 1. The van der Waals surface area contributed by atoms with Crippen molar-refractivity contribution in [1.82, 2.24) is 14.4 Å². The van der Waals surface area contributed by atoms with Crippen LogP contribution >= 0.6 is 0 Å². The van der Waals surface area contributed by atoms with Crippen LogP contribution in [0.1, 0.15) is 28.5 Å².